The summed E-state index contributed by atoms with van der Waals surface area (Å²) in [4.78, 5) is 0. The molecule has 0 unspecified atom stereocenters. The SMILES string of the molecule is N#CC(C#N)=c1cc2c(-c3ccc(C(F)(F)F)cc3C(F)(F)F)c3ccc4c(-c5cc(C(F)(F)F)cc(C(F)(F)F)c5)cc5oc(=C(C#N)C#N)cc5c4c3cc2o1. The molecule has 0 aliphatic rings. The highest BCUT2D eigenvalue weighted by atomic mass is 19.4. The topological polar surface area (TPSA) is 121 Å². The normalized spacial score (nSPS) is 12.4. The van der Waals surface area contributed by atoms with Gasteiger partial charge < -0.3 is 8.83 Å². The summed E-state index contributed by atoms with van der Waals surface area (Å²) < 4.78 is 181. The Morgan fingerprint density at radius 2 is 0.931 bits per heavy atom. The third-order valence-electron chi connectivity index (χ3n) is 9.18. The van der Waals surface area contributed by atoms with E-state index >= 15 is 0 Å². The van der Waals surface area contributed by atoms with Gasteiger partial charge in [0.05, 0.1) is 22.3 Å². The molecule has 0 spiro atoms. The van der Waals surface area contributed by atoms with Crippen molar-refractivity contribution in [3.63, 3.8) is 0 Å². The van der Waals surface area contributed by atoms with E-state index in [0.29, 0.717) is 24.3 Å². The first kappa shape index (κ1) is 38.8. The second-order valence-electron chi connectivity index (χ2n) is 12.6. The van der Waals surface area contributed by atoms with E-state index in [9.17, 15) is 73.7 Å². The Kier molecular flexibility index (Phi) is 8.75. The first-order valence-electron chi connectivity index (χ1n) is 15.9. The van der Waals surface area contributed by atoms with E-state index in [1.165, 1.54) is 6.07 Å². The number of benzene rings is 5. The van der Waals surface area contributed by atoms with Crippen molar-refractivity contribution in [2.45, 2.75) is 24.7 Å². The molecule has 0 N–H and O–H groups in total. The molecule has 0 radical (unpaired) electrons. The van der Waals surface area contributed by atoms with Crippen molar-refractivity contribution in [1.29, 1.82) is 21.0 Å². The predicted octanol–water partition coefficient (Wildman–Crippen LogP) is 11.3. The molecule has 58 heavy (non-hydrogen) atoms. The van der Waals surface area contributed by atoms with Gasteiger partial charge in [0.25, 0.3) is 0 Å². The molecule has 2 aromatic heterocycles. The van der Waals surface area contributed by atoms with E-state index in [1.54, 1.807) is 24.3 Å². The number of nitrogens with zero attached hydrogens (tertiary/aromatic N) is 4. The third kappa shape index (κ3) is 6.44. The Labute approximate surface area is 314 Å². The third-order valence-corrected chi connectivity index (χ3v) is 9.18. The summed E-state index contributed by atoms with van der Waals surface area (Å²) in [6, 6.07) is 14.4. The Bertz CT molecular complexity index is 3160. The molecule has 0 amide bonds. The summed E-state index contributed by atoms with van der Waals surface area (Å²) in [6.45, 7) is 0. The first-order valence-corrected chi connectivity index (χ1v) is 15.9. The molecule has 0 bridgehead atoms. The molecule has 0 aliphatic carbocycles. The molecule has 18 heteroatoms. The predicted molar refractivity (Wildman–Crippen MR) is 180 cm³/mol. The van der Waals surface area contributed by atoms with E-state index < -0.39 is 85.6 Å². The van der Waals surface area contributed by atoms with Crippen LogP contribution in [0.1, 0.15) is 22.3 Å². The molecular weight excluding hydrogens is 796 g/mol. The number of alkyl halides is 12. The van der Waals surface area contributed by atoms with Crippen molar-refractivity contribution in [1.82, 2.24) is 0 Å². The quantitative estimate of drug-likeness (QED) is 0.127. The van der Waals surface area contributed by atoms with Crippen LogP contribution >= 0.6 is 0 Å². The zero-order valence-corrected chi connectivity index (χ0v) is 28.1. The number of hydrogen-bond donors (Lipinski definition) is 0. The van der Waals surface area contributed by atoms with Crippen LogP contribution in [0.15, 0.2) is 81.6 Å². The van der Waals surface area contributed by atoms with Gasteiger partial charge in [0.15, 0.2) is 22.0 Å². The maximum absolute atomic E-state index is 14.7. The van der Waals surface area contributed by atoms with Gasteiger partial charge >= 0.3 is 24.7 Å². The van der Waals surface area contributed by atoms with Crippen molar-refractivity contribution < 1.29 is 61.5 Å². The van der Waals surface area contributed by atoms with Gasteiger partial charge in [-0.1, -0.05) is 18.2 Å². The number of rotatable bonds is 2. The fourth-order valence-corrected chi connectivity index (χ4v) is 6.73. The lowest BCUT2D eigenvalue weighted by molar-refractivity contribution is -0.144. The van der Waals surface area contributed by atoms with Crippen LogP contribution in [0.5, 0.6) is 0 Å². The van der Waals surface area contributed by atoms with E-state index in [1.807, 2.05) is 0 Å². The van der Waals surface area contributed by atoms with Crippen LogP contribution < -0.4 is 10.8 Å². The number of halogens is 12. The molecule has 0 fully saturated rings. The molecule has 2 heterocycles. The van der Waals surface area contributed by atoms with Gasteiger partial charge in [-0.15, -0.1) is 0 Å². The molecular formula is C40H12F12N4O2. The summed E-state index contributed by atoms with van der Waals surface area (Å²) in [5.74, 6) is 0. The highest BCUT2D eigenvalue weighted by Gasteiger charge is 2.40. The van der Waals surface area contributed by atoms with Gasteiger partial charge in [-0.25, -0.2) is 0 Å². The largest absolute Gasteiger partial charge is 0.454 e. The Morgan fingerprint density at radius 1 is 0.431 bits per heavy atom. The summed E-state index contributed by atoms with van der Waals surface area (Å²) in [6.07, 6.45) is -21.2. The van der Waals surface area contributed by atoms with Crippen molar-refractivity contribution >= 4 is 54.6 Å². The van der Waals surface area contributed by atoms with Crippen LogP contribution in [0.25, 0.3) is 76.9 Å². The van der Waals surface area contributed by atoms with Crippen molar-refractivity contribution in [3.8, 4) is 46.5 Å². The van der Waals surface area contributed by atoms with Crippen LogP contribution in [0.2, 0.25) is 0 Å². The molecule has 0 saturated heterocycles. The van der Waals surface area contributed by atoms with Crippen molar-refractivity contribution in [2.24, 2.45) is 0 Å². The number of furan rings is 2. The second kappa shape index (κ2) is 13.1. The van der Waals surface area contributed by atoms with E-state index in [0.717, 1.165) is 30.3 Å². The molecule has 288 valence electrons. The molecule has 0 aliphatic heterocycles. The van der Waals surface area contributed by atoms with Gasteiger partial charge in [-0.05, 0) is 87.4 Å². The molecule has 7 aromatic rings. The van der Waals surface area contributed by atoms with E-state index in [4.69, 9.17) is 8.83 Å². The molecule has 5 aromatic carbocycles. The fourth-order valence-electron chi connectivity index (χ4n) is 6.73. The van der Waals surface area contributed by atoms with Crippen molar-refractivity contribution in [3.05, 3.63) is 106 Å². The minimum absolute atomic E-state index is 0.0628. The maximum Gasteiger partial charge on any atom is 0.417 e. The zero-order chi connectivity index (χ0) is 42.3. The average molecular weight is 809 g/mol. The Morgan fingerprint density at radius 3 is 1.43 bits per heavy atom. The van der Waals surface area contributed by atoms with Gasteiger partial charge in [0, 0.05) is 21.7 Å². The summed E-state index contributed by atoms with van der Waals surface area (Å²) in [5.41, 5.74) is -12.0. The second-order valence-corrected chi connectivity index (χ2v) is 12.6. The maximum atomic E-state index is 14.7. The van der Waals surface area contributed by atoms with Crippen LogP contribution in [0, 0.1) is 45.3 Å². The van der Waals surface area contributed by atoms with Gasteiger partial charge in [-0.2, -0.15) is 73.7 Å². The minimum atomic E-state index is -5.44. The fraction of sp³-hybridized carbons (Fsp3) is 0.100. The van der Waals surface area contributed by atoms with Crippen LogP contribution in [0.4, 0.5) is 52.7 Å². The monoisotopic (exact) mass is 808 g/mol. The molecule has 0 saturated carbocycles. The van der Waals surface area contributed by atoms with Crippen LogP contribution in [0.3, 0.4) is 0 Å². The molecule has 6 nitrogen and oxygen atoms in total. The number of fused-ring (bicyclic) bond motifs is 6. The van der Waals surface area contributed by atoms with Crippen LogP contribution in [-0.2, 0) is 24.7 Å². The number of nitriles is 4. The number of hydrogen-bond acceptors (Lipinski definition) is 6. The van der Waals surface area contributed by atoms with Crippen LogP contribution in [-0.4, -0.2) is 0 Å². The van der Waals surface area contributed by atoms with Gasteiger partial charge in [-0.3, -0.25) is 0 Å². The summed E-state index contributed by atoms with van der Waals surface area (Å²) in [7, 11) is 0. The van der Waals surface area contributed by atoms with E-state index in [2.05, 4.69) is 0 Å². The Balaban J connectivity index is 1.76. The van der Waals surface area contributed by atoms with Gasteiger partial charge in [0.2, 0.25) is 0 Å². The Hall–Kier alpha value is -7.44. The van der Waals surface area contributed by atoms with Gasteiger partial charge in [0.1, 0.15) is 35.4 Å². The molecule has 0 atom stereocenters. The lowest BCUT2D eigenvalue weighted by Crippen LogP contribution is -2.12. The summed E-state index contributed by atoms with van der Waals surface area (Å²) in [5, 5.41) is 37.2. The summed E-state index contributed by atoms with van der Waals surface area (Å²) >= 11 is 0. The highest BCUT2D eigenvalue weighted by molar-refractivity contribution is 6.28. The average Bonchev–Trinajstić information content (AvgIpc) is 3.77. The zero-order valence-electron chi connectivity index (χ0n) is 28.1. The standard InChI is InChI=1S/C40H12F12N4O2/c41-37(42,43)20-1-2-25(30(8-20)40(50,51)52)35-24-4-3-23-26(17-5-21(38(44,45)46)7-22(6-17)39(47,48)49)9-33-29(12-32(57-33)19(15-55)16-56)36(23)27(24)10-34-28(35)11-31(58-34)18(13-53)14-54/h1-12H. The molecule has 7 rings (SSSR count). The van der Waals surface area contributed by atoms with Crippen molar-refractivity contribution in [2.75, 3.05) is 0 Å². The highest BCUT2D eigenvalue weighted by Crippen LogP contribution is 2.49. The smallest absolute Gasteiger partial charge is 0.417 e. The lowest BCUT2D eigenvalue weighted by atomic mass is 9.86. The minimum Gasteiger partial charge on any atom is -0.454 e. The van der Waals surface area contributed by atoms with E-state index in [-0.39, 0.29) is 61.2 Å². The lowest BCUT2D eigenvalue weighted by Gasteiger charge is -2.19. The first-order chi connectivity index (χ1) is 27.1.